The molecule has 3 nitrogen and oxygen atoms in total. The van der Waals surface area contributed by atoms with Crippen LogP contribution < -0.4 is 10.6 Å². The number of nitrogens with one attached hydrogen (secondary N) is 2. The van der Waals surface area contributed by atoms with Crippen LogP contribution in [0, 0.1) is 5.92 Å². The summed E-state index contributed by atoms with van der Waals surface area (Å²) in [6.45, 7) is 3.88. The molecule has 0 aliphatic carbocycles. The molecule has 1 heterocycles. The Bertz CT molecular complexity index is 358. The van der Waals surface area contributed by atoms with Gasteiger partial charge in [-0.3, -0.25) is 4.79 Å². The molecular weight excluding hydrogens is 212 g/mol. The van der Waals surface area contributed by atoms with Crippen LogP contribution in [0.3, 0.4) is 0 Å². The number of piperidine rings is 1. The molecule has 2 rings (SSSR count). The maximum absolute atomic E-state index is 12.0. The van der Waals surface area contributed by atoms with E-state index in [4.69, 9.17) is 0 Å². The number of carbonyl (C=O) groups is 1. The summed E-state index contributed by atoms with van der Waals surface area (Å²) in [5.74, 6) is 0.309. The first-order chi connectivity index (χ1) is 8.27. The molecule has 2 unspecified atom stereocenters. The lowest BCUT2D eigenvalue weighted by Crippen LogP contribution is -2.41. The van der Waals surface area contributed by atoms with Gasteiger partial charge in [0, 0.05) is 6.54 Å². The van der Waals surface area contributed by atoms with E-state index in [0.29, 0.717) is 0 Å². The quantitative estimate of drug-likeness (QED) is 0.835. The highest BCUT2D eigenvalue weighted by atomic mass is 16.1. The molecule has 17 heavy (non-hydrogen) atoms. The molecule has 0 spiro atoms. The third-order valence-electron chi connectivity index (χ3n) is 3.33. The van der Waals surface area contributed by atoms with Gasteiger partial charge in [0.25, 0.3) is 0 Å². The summed E-state index contributed by atoms with van der Waals surface area (Å²) in [6, 6.07) is 10.2. The van der Waals surface area contributed by atoms with Crippen molar-refractivity contribution in [3.8, 4) is 0 Å². The van der Waals surface area contributed by atoms with E-state index in [2.05, 4.69) is 10.6 Å². The molecule has 1 aliphatic rings. The van der Waals surface area contributed by atoms with Crippen molar-refractivity contribution < 1.29 is 4.79 Å². The lowest BCUT2D eigenvalue weighted by molar-refractivity contribution is -0.126. The first kappa shape index (κ1) is 12.1. The summed E-state index contributed by atoms with van der Waals surface area (Å²) in [5.41, 5.74) is 1.16. The zero-order valence-corrected chi connectivity index (χ0v) is 10.3. The molecule has 3 heteroatoms. The van der Waals surface area contributed by atoms with Crippen molar-refractivity contribution in [3.63, 3.8) is 0 Å². The normalized spacial score (nSPS) is 21.8. The molecule has 0 aromatic heterocycles. The highest BCUT2D eigenvalue weighted by Gasteiger charge is 2.22. The minimum Gasteiger partial charge on any atom is -0.349 e. The van der Waals surface area contributed by atoms with E-state index < -0.39 is 0 Å². The Labute approximate surface area is 103 Å². The van der Waals surface area contributed by atoms with E-state index in [-0.39, 0.29) is 17.9 Å². The highest BCUT2D eigenvalue weighted by molar-refractivity contribution is 5.79. The van der Waals surface area contributed by atoms with E-state index in [0.717, 1.165) is 31.5 Å². The lowest BCUT2D eigenvalue weighted by Gasteiger charge is -2.24. The van der Waals surface area contributed by atoms with Gasteiger partial charge in [0.2, 0.25) is 5.91 Å². The van der Waals surface area contributed by atoms with Crippen molar-refractivity contribution in [2.24, 2.45) is 5.92 Å². The fraction of sp³-hybridized carbons (Fsp3) is 0.500. The Kier molecular flexibility index (Phi) is 4.15. The summed E-state index contributed by atoms with van der Waals surface area (Å²) in [7, 11) is 0. The zero-order chi connectivity index (χ0) is 12.1. The van der Waals surface area contributed by atoms with Gasteiger partial charge in [-0.1, -0.05) is 30.3 Å². The van der Waals surface area contributed by atoms with Gasteiger partial charge < -0.3 is 10.6 Å². The molecule has 1 fully saturated rings. The van der Waals surface area contributed by atoms with Crippen molar-refractivity contribution >= 4 is 5.91 Å². The van der Waals surface area contributed by atoms with Gasteiger partial charge in [-0.25, -0.2) is 0 Å². The lowest BCUT2D eigenvalue weighted by atomic mass is 9.98. The van der Waals surface area contributed by atoms with Crippen molar-refractivity contribution in [1.82, 2.24) is 10.6 Å². The second-order valence-corrected chi connectivity index (χ2v) is 4.68. The van der Waals surface area contributed by atoms with Crippen LogP contribution in [0.15, 0.2) is 30.3 Å². The minimum atomic E-state index is 0.0885. The average Bonchev–Trinajstić information content (AvgIpc) is 2.40. The first-order valence-corrected chi connectivity index (χ1v) is 6.33. The number of hydrogen-bond acceptors (Lipinski definition) is 2. The summed E-state index contributed by atoms with van der Waals surface area (Å²) in [5, 5.41) is 6.35. The van der Waals surface area contributed by atoms with Crippen molar-refractivity contribution in [2.75, 3.05) is 13.1 Å². The Morgan fingerprint density at radius 2 is 2.18 bits per heavy atom. The Morgan fingerprint density at radius 1 is 1.41 bits per heavy atom. The number of benzene rings is 1. The van der Waals surface area contributed by atoms with Crippen molar-refractivity contribution in [1.29, 1.82) is 0 Å². The Hall–Kier alpha value is -1.35. The third kappa shape index (κ3) is 3.30. The summed E-state index contributed by atoms with van der Waals surface area (Å²) < 4.78 is 0. The van der Waals surface area contributed by atoms with Crippen LogP contribution in [0.1, 0.15) is 31.4 Å². The van der Waals surface area contributed by atoms with E-state index in [9.17, 15) is 4.79 Å². The Balaban J connectivity index is 1.89. The smallest absolute Gasteiger partial charge is 0.224 e. The standard InChI is InChI=1S/C14H20N2O/c1-11(12-6-3-2-4-7-12)16-14(17)13-8-5-9-15-10-13/h2-4,6-7,11,13,15H,5,8-10H2,1H3,(H,16,17). The zero-order valence-electron chi connectivity index (χ0n) is 10.3. The molecule has 0 bridgehead atoms. The molecule has 1 aromatic rings. The van der Waals surface area contributed by atoms with Crippen LogP contribution in [0.4, 0.5) is 0 Å². The molecule has 2 N–H and O–H groups in total. The number of rotatable bonds is 3. The summed E-state index contributed by atoms with van der Waals surface area (Å²) in [6.07, 6.45) is 2.10. The van der Waals surface area contributed by atoms with Crippen LogP contribution in [0.25, 0.3) is 0 Å². The molecular formula is C14H20N2O. The van der Waals surface area contributed by atoms with Crippen molar-refractivity contribution in [2.45, 2.75) is 25.8 Å². The number of amides is 1. The van der Waals surface area contributed by atoms with E-state index in [1.54, 1.807) is 0 Å². The van der Waals surface area contributed by atoms with Gasteiger partial charge in [-0.15, -0.1) is 0 Å². The SMILES string of the molecule is CC(NC(=O)C1CCCNC1)c1ccccc1. The van der Waals surface area contributed by atoms with Gasteiger partial charge in [0.1, 0.15) is 0 Å². The van der Waals surface area contributed by atoms with Gasteiger partial charge in [-0.05, 0) is 31.9 Å². The maximum Gasteiger partial charge on any atom is 0.224 e. The Morgan fingerprint density at radius 3 is 2.82 bits per heavy atom. The molecule has 0 radical (unpaired) electrons. The van der Waals surface area contributed by atoms with Crippen LogP contribution in [0.5, 0.6) is 0 Å². The predicted molar refractivity (Wildman–Crippen MR) is 68.6 cm³/mol. The monoisotopic (exact) mass is 232 g/mol. The summed E-state index contributed by atoms with van der Waals surface area (Å²) >= 11 is 0. The van der Waals surface area contributed by atoms with Crippen LogP contribution >= 0.6 is 0 Å². The number of carbonyl (C=O) groups excluding carboxylic acids is 1. The average molecular weight is 232 g/mol. The molecule has 1 amide bonds. The van der Waals surface area contributed by atoms with Gasteiger partial charge in [-0.2, -0.15) is 0 Å². The molecule has 92 valence electrons. The molecule has 1 saturated heterocycles. The van der Waals surface area contributed by atoms with Crippen LogP contribution in [-0.2, 0) is 4.79 Å². The highest BCUT2D eigenvalue weighted by Crippen LogP contribution is 2.15. The topological polar surface area (TPSA) is 41.1 Å². The van der Waals surface area contributed by atoms with Gasteiger partial charge in [0.05, 0.1) is 12.0 Å². The fourth-order valence-electron chi connectivity index (χ4n) is 2.23. The molecule has 1 aliphatic heterocycles. The maximum atomic E-state index is 12.0. The third-order valence-corrected chi connectivity index (χ3v) is 3.33. The largest absolute Gasteiger partial charge is 0.349 e. The summed E-state index contributed by atoms with van der Waals surface area (Å²) in [4.78, 5) is 12.0. The van der Waals surface area contributed by atoms with E-state index >= 15 is 0 Å². The van der Waals surface area contributed by atoms with Crippen LogP contribution in [-0.4, -0.2) is 19.0 Å². The fourth-order valence-corrected chi connectivity index (χ4v) is 2.23. The van der Waals surface area contributed by atoms with E-state index in [1.165, 1.54) is 0 Å². The van der Waals surface area contributed by atoms with E-state index in [1.807, 2.05) is 37.3 Å². The van der Waals surface area contributed by atoms with Gasteiger partial charge >= 0.3 is 0 Å². The van der Waals surface area contributed by atoms with Gasteiger partial charge in [0.15, 0.2) is 0 Å². The second kappa shape index (κ2) is 5.82. The predicted octanol–water partition coefficient (Wildman–Crippen LogP) is 1.86. The second-order valence-electron chi connectivity index (χ2n) is 4.68. The molecule has 1 aromatic carbocycles. The molecule has 0 saturated carbocycles. The minimum absolute atomic E-state index is 0.0885. The van der Waals surface area contributed by atoms with Crippen molar-refractivity contribution in [3.05, 3.63) is 35.9 Å². The first-order valence-electron chi connectivity index (χ1n) is 6.33. The van der Waals surface area contributed by atoms with Crippen LogP contribution in [0.2, 0.25) is 0 Å². The number of hydrogen-bond donors (Lipinski definition) is 2. The molecule has 2 atom stereocenters.